The van der Waals surface area contributed by atoms with Gasteiger partial charge in [0, 0.05) is 18.3 Å². The summed E-state index contributed by atoms with van der Waals surface area (Å²) in [6.07, 6.45) is 0. The molecule has 1 fully saturated rings. The van der Waals surface area contributed by atoms with Crippen molar-refractivity contribution in [3.8, 4) is 0 Å². The number of rotatable bonds is 1. The minimum absolute atomic E-state index is 0.337. The number of nitrogens with zero attached hydrogens (tertiary/aromatic N) is 3. The minimum Gasteiger partial charge on any atom is -0.377 e. The molecule has 1 aromatic heterocycles. The van der Waals surface area contributed by atoms with Gasteiger partial charge in [-0.15, -0.1) is 0 Å². The van der Waals surface area contributed by atoms with Gasteiger partial charge in [0.2, 0.25) is 5.95 Å². The largest absolute Gasteiger partial charge is 0.377 e. The maximum Gasteiger partial charge on any atom is 0.222 e. The summed E-state index contributed by atoms with van der Waals surface area (Å²) in [5.41, 5.74) is 6.53. The lowest BCUT2D eigenvalue weighted by Gasteiger charge is -2.34. The van der Waals surface area contributed by atoms with Crippen LogP contribution in [0.1, 0.15) is 12.6 Å². The number of ether oxygens (including phenoxy) is 1. The second-order valence-electron chi connectivity index (χ2n) is 3.84. The summed E-state index contributed by atoms with van der Waals surface area (Å²) >= 11 is 0. The number of hydrogen-bond acceptors (Lipinski definition) is 5. The minimum atomic E-state index is 0.337. The number of aromatic nitrogens is 2. The lowest BCUT2D eigenvalue weighted by molar-refractivity contribution is 0.0985. The Hall–Kier alpha value is -1.36. The normalized spacial score (nSPS) is 21.7. The first kappa shape index (κ1) is 10.2. The molecule has 1 aliphatic heterocycles. The molecular weight excluding hydrogens is 192 g/mol. The predicted molar refractivity (Wildman–Crippen MR) is 58.8 cm³/mol. The predicted octanol–water partition coefficient (Wildman–Crippen LogP) is 0.592. The lowest BCUT2D eigenvalue weighted by Crippen LogP contribution is -2.44. The molecule has 5 heteroatoms. The molecule has 2 N–H and O–H groups in total. The Morgan fingerprint density at radius 1 is 1.53 bits per heavy atom. The van der Waals surface area contributed by atoms with Crippen molar-refractivity contribution < 1.29 is 4.74 Å². The topological polar surface area (TPSA) is 64.3 Å². The molecule has 0 aliphatic carbocycles. The van der Waals surface area contributed by atoms with Crippen molar-refractivity contribution in [2.24, 2.45) is 0 Å². The molecule has 5 nitrogen and oxygen atoms in total. The molecule has 0 saturated carbocycles. The number of nitrogen functional groups attached to an aromatic ring is 1. The summed E-state index contributed by atoms with van der Waals surface area (Å²) in [4.78, 5) is 10.5. The van der Waals surface area contributed by atoms with Crippen LogP contribution in [0.5, 0.6) is 0 Å². The van der Waals surface area contributed by atoms with E-state index in [1.54, 1.807) is 0 Å². The summed E-state index contributed by atoms with van der Waals surface area (Å²) < 4.78 is 5.38. The van der Waals surface area contributed by atoms with Crippen molar-refractivity contribution in [3.63, 3.8) is 0 Å². The molecule has 15 heavy (non-hydrogen) atoms. The molecule has 0 radical (unpaired) electrons. The van der Waals surface area contributed by atoms with Gasteiger partial charge in [-0.05, 0) is 13.8 Å². The fourth-order valence-electron chi connectivity index (χ4n) is 1.79. The molecule has 2 rings (SSSR count). The molecule has 1 aliphatic rings. The highest BCUT2D eigenvalue weighted by molar-refractivity contribution is 5.44. The van der Waals surface area contributed by atoms with Gasteiger partial charge in [-0.25, -0.2) is 4.98 Å². The van der Waals surface area contributed by atoms with Gasteiger partial charge in [-0.2, -0.15) is 4.98 Å². The van der Waals surface area contributed by atoms with E-state index < -0.39 is 0 Å². The Kier molecular flexibility index (Phi) is 2.73. The molecular formula is C10H16N4O. The van der Waals surface area contributed by atoms with Crippen LogP contribution in [0, 0.1) is 6.92 Å². The summed E-state index contributed by atoms with van der Waals surface area (Å²) in [5, 5.41) is 0. The first-order valence-electron chi connectivity index (χ1n) is 5.12. The van der Waals surface area contributed by atoms with E-state index in [0.29, 0.717) is 12.0 Å². The third-order valence-electron chi connectivity index (χ3n) is 2.52. The first-order valence-corrected chi connectivity index (χ1v) is 5.12. The SMILES string of the molecule is Cc1cc(N2CCOC[C@H]2C)nc(N)n1. The fraction of sp³-hybridized carbons (Fsp3) is 0.600. The number of aryl methyl sites for hydroxylation is 1. The Morgan fingerprint density at radius 2 is 2.33 bits per heavy atom. The zero-order chi connectivity index (χ0) is 10.8. The number of morpholine rings is 1. The average Bonchev–Trinajstić information content (AvgIpc) is 2.16. The highest BCUT2D eigenvalue weighted by Crippen LogP contribution is 2.18. The second kappa shape index (κ2) is 4.02. The van der Waals surface area contributed by atoms with E-state index in [9.17, 15) is 0 Å². The van der Waals surface area contributed by atoms with E-state index in [0.717, 1.165) is 31.3 Å². The van der Waals surface area contributed by atoms with Gasteiger partial charge in [-0.1, -0.05) is 0 Å². The smallest absolute Gasteiger partial charge is 0.222 e. The molecule has 0 amide bonds. The molecule has 0 aromatic carbocycles. The van der Waals surface area contributed by atoms with Gasteiger partial charge in [0.05, 0.1) is 19.3 Å². The van der Waals surface area contributed by atoms with Crippen LogP contribution in [0.3, 0.4) is 0 Å². The molecule has 2 heterocycles. The monoisotopic (exact) mass is 208 g/mol. The van der Waals surface area contributed by atoms with E-state index in [-0.39, 0.29) is 0 Å². The van der Waals surface area contributed by atoms with Crippen molar-refractivity contribution in [1.29, 1.82) is 0 Å². The standard InChI is InChI=1S/C10H16N4O/c1-7-5-9(13-10(11)12-7)14-3-4-15-6-8(14)2/h5,8H,3-4,6H2,1-2H3,(H2,11,12,13)/t8-/m1/s1. The van der Waals surface area contributed by atoms with E-state index in [2.05, 4.69) is 21.8 Å². The number of hydrogen-bond donors (Lipinski definition) is 1. The van der Waals surface area contributed by atoms with Gasteiger partial charge < -0.3 is 15.4 Å². The fourth-order valence-corrected chi connectivity index (χ4v) is 1.79. The first-order chi connectivity index (χ1) is 7.16. The number of nitrogens with two attached hydrogens (primary N) is 1. The van der Waals surface area contributed by atoms with Crippen LogP contribution >= 0.6 is 0 Å². The van der Waals surface area contributed by atoms with Gasteiger partial charge in [-0.3, -0.25) is 0 Å². The van der Waals surface area contributed by atoms with Crippen molar-refractivity contribution in [3.05, 3.63) is 11.8 Å². The Bertz CT molecular complexity index is 335. The molecule has 1 aromatic rings. The summed E-state index contributed by atoms with van der Waals surface area (Å²) in [6.45, 7) is 6.38. The van der Waals surface area contributed by atoms with E-state index in [4.69, 9.17) is 10.5 Å². The molecule has 0 bridgehead atoms. The van der Waals surface area contributed by atoms with Gasteiger partial charge >= 0.3 is 0 Å². The van der Waals surface area contributed by atoms with Crippen molar-refractivity contribution in [1.82, 2.24) is 9.97 Å². The lowest BCUT2D eigenvalue weighted by atomic mass is 10.2. The third-order valence-corrected chi connectivity index (χ3v) is 2.52. The maximum absolute atomic E-state index is 5.63. The van der Waals surface area contributed by atoms with Crippen LogP contribution in [0.15, 0.2) is 6.07 Å². The van der Waals surface area contributed by atoms with Crippen LogP contribution < -0.4 is 10.6 Å². The quantitative estimate of drug-likeness (QED) is 0.732. The average molecular weight is 208 g/mol. The molecule has 1 saturated heterocycles. The highest BCUT2D eigenvalue weighted by atomic mass is 16.5. The Balaban J connectivity index is 2.27. The molecule has 1 atom stereocenters. The maximum atomic E-state index is 5.63. The van der Waals surface area contributed by atoms with E-state index in [1.165, 1.54) is 0 Å². The van der Waals surface area contributed by atoms with Gasteiger partial charge in [0.1, 0.15) is 5.82 Å². The molecule has 0 unspecified atom stereocenters. The van der Waals surface area contributed by atoms with Crippen LogP contribution in [-0.2, 0) is 4.74 Å². The highest BCUT2D eigenvalue weighted by Gasteiger charge is 2.20. The zero-order valence-corrected chi connectivity index (χ0v) is 9.10. The van der Waals surface area contributed by atoms with Crippen molar-refractivity contribution in [2.75, 3.05) is 30.4 Å². The molecule has 82 valence electrons. The van der Waals surface area contributed by atoms with Crippen molar-refractivity contribution in [2.45, 2.75) is 19.9 Å². The summed E-state index contributed by atoms with van der Waals surface area (Å²) in [6, 6.07) is 2.30. The van der Waals surface area contributed by atoms with E-state index >= 15 is 0 Å². The zero-order valence-electron chi connectivity index (χ0n) is 9.10. The Morgan fingerprint density at radius 3 is 3.00 bits per heavy atom. The summed E-state index contributed by atoms with van der Waals surface area (Å²) in [7, 11) is 0. The number of anilines is 2. The van der Waals surface area contributed by atoms with E-state index in [1.807, 2.05) is 13.0 Å². The Labute approximate surface area is 89.3 Å². The molecule has 0 spiro atoms. The van der Waals surface area contributed by atoms with Crippen LogP contribution in [-0.4, -0.2) is 35.8 Å². The third kappa shape index (κ3) is 2.18. The van der Waals surface area contributed by atoms with Crippen LogP contribution in [0.2, 0.25) is 0 Å². The summed E-state index contributed by atoms with van der Waals surface area (Å²) in [5.74, 6) is 1.24. The van der Waals surface area contributed by atoms with Gasteiger partial charge in [0.25, 0.3) is 0 Å². The second-order valence-corrected chi connectivity index (χ2v) is 3.84. The van der Waals surface area contributed by atoms with Crippen molar-refractivity contribution >= 4 is 11.8 Å². The van der Waals surface area contributed by atoms with Crippen LogP contribution in [0.4, 0.5) is 11.8 Å². The van der Waals surface area contributed by atoms with Gasteiger partial charge in [0.15, 0.2) is 0 Å². The van der Waals surface area contributed by atoms with Crippen LogP contribution in [0.25, 0.3) is 0 Å².